The van der Waals surface area contributed by atoms with Crippen molar-refractivity contribution in [3.05, 3.63) is 65.9 Å². The fourth-order valence-corrected chi connectivity index (χ4v) is 2.94. The zero-order chi connectivity index (χ0) is 15.5. The van der Waals surface area contributed by atoms with Crippen LogP contribution in [0.4, 0.5) is 0 Å². The minimum Gasteiger partial charge on any atom is -0.360 e. The Morgan fingerprint density at radius 1 is 1.14 bits per heavy atom. The van der Waals surface area contributed by atoms with E-state index in [9.17, 15) is 4.79 Å². The Labute approximate surface area is 134 Å². The van der Waals surface area contributed by atoms with Gasteiger partial charge in [0.2, 0.25) is 0 Å². The average molecular weight is 310 g/mol. The largest absolute Gasteiger partial charge is 0.360 e. The quantitative estimate of drug-likeness (QED) is 0.734. The van der Waals surface area contributed by atoms with Gasteiger partial charge in [-0.05, 0) is 30.0 Å². The minimum absolute atomic E-state index is 0.0337. The SMILES string of the molecule is CSc1ccc(CN(C)C(=O)c2c[nH]c3ccccc23)cc1. The molecule has 1 amide bonds. The number of hydrogen-bond acceptors (Lipinski definition) is 2. The Hall–Kier alpha value is -2.20. The minimum atomic E-state index is 0.0337. The lowest BCUT2D eigenvalue weighted by Crippen LogP contribution is -2.25. The lowest BCUT2D eigenvalue weighted by atomic mass is 10.1. The van der Waals surface area contributed by atoms with Crippen molar-refractivity contribution >= 4 is 28.6 Å². The highest BCUT2D eigenvalue weighted by atomic mass is 32.2. The van der Waals surface area contributed by atoms with Gasteiger partial charge in [0.1, 0.15) is 0 Å². The maximum atomic E-state index is 12.6. The van der Waals surface area contributed by atoms with Gasteiger partial charge in [0.25, 0.3) is 5.91 Å². The number of rotatable bonds is 4. The summed E-state index contributed by atoms with van der Waals surface area (Å²) in [4.78, 5) is 18.8. The molecule has 0 aliphatic rings. The molecule has 3 nitrogen and oxygen atoms in total. The maximum Gasteiger partial charge on any atom is 0.256 e. The molecule has 0 atom stereocenters. The number of aromatic nitrogens is 1. The molecule has 0 spiro atoms. The van der Waals surface area contributed by atoms with E-state index in [1.807, 2.05) is 31.3 Å². The zero-order valence-corrected chi connectivity index (χ0v) is 13.5. The second-order valence-electron chi connectivity index (χ2n) is 5.26. The molecule has 3 rings (SSSR count). The van der Waals surface area contributed by atoms with Gasteiger partial charge in [0, 0.05) is 35.6 Å². The molecule has 0 bridgehead atoms. The summed E-state index contributed by atoms with van der Waals surface area (Å²) in [5, 5.41) is 0.970. The van der Waals surface area contributed by atoms with E-state index in [0.29, 0.717) is 6.54 Å². The van der Waals surface area contributed by atoms with Crippen LogP contribution in [0.25, 0.3) is 10.9 Å². The second kappa shape index (κ2) is 6.28. The lowest BCUT2D eigenvalue weighted by molar-refractivity contribution is 0.0787. The van der Waals surface area contributed by atoms with E-state index in [2.05, 4.69) is 35.5 Å². The topological polar surface area (TPSA) is 36.1 Å². The normalized spacial score (nSPS) is 10.8. The van der Waals surface area contributed by atoms with Gasteiger partial charge in [-0.25, -0.2) is 0 Å². The lowest BCUT2D eigenvalue weighted by Gasteiger charge is -2.17. The molecule has 0 radical (unpaired) electrons. The van der Waals surface area contributed by atoms with Crippen molar-refractivity contribution in [1.29, 1.82) is 0 Å². The number of carbonyl (C=O) groups excluding carboxylic acids is 1. The van der Waals surface area contributed by atoms with E-state index in [1.165, 1.54) is 4.90 Å². The molecule has 0 saturated carbocycles. The van der Waals surface area contributed by atoms with E-state index in [-0.39, 0.29) is 5.91 Å². The second-order valence-corrected chi connectivity index (χ2v) is 6.14. The average Bonchev–Trinajstić information content (AvgIpc) is 2.99. The molecule has 0 aliphatic heterocycles. The Morgan fingerprint density at radius 3 is 2.59 bits per heavy atom. The number of aromatic amines is 1. The van der Waals surface area contributed by atoms with Gasteiger partial charge in [-0.1, -0.05) is 30.3 Å². The van der Waals surface area contributed by atoms with Crippen molar-refractivity contribution in [2.24, 2.45) is 0 Å². The Kier molecular flexibility index (Phi) is 4.20. The van der Waals surface area contributed by atoms with Crippen molar-refractivity contribution < 1.29 is 4.79 Å². The third kappa shape index (κ3) is 2.88. The molecule has 0 aliphatic carbocycles. The highest BCUT2D eigenvalue weighted by Gasteiger charge is 2.16. The van der Waals surface area contributed by atoms with Crippen LogP contribution in [0.3, 0.4) is 0 Å². The number of nitrogens with one attached hydrogen (secondary N) is 1. The van der Waals surface area contributed by atoms with Crippen molar-refractivity contribution in [3.63, 3.8) is 0 Å². The summed E-state index contributed by atoms with van der Waals surface area (Å²) in [7, 11) is 1.84. The summed E-state index contributed by atoms with van der Waals surface area (Å²) in [6.07, 6.45) is 3.85. The van der Waals surface area contributed by atoms with Crippen LogP contribution in [0.5, 0.6) is 0 Å². The molecule has 22 heavy (non-hydrogen) atoms. The molecule has 1 N–H and O–H groups in total. The number of amides is 1. The van der Waals surface area contributed by atoms with Gasteiger partial charge in [-0.3, -0.25) is 4.79 Å². The standard InChI is InChI=1S/C18H18N2OS/c1-20(12-13-7-9-14(22-2)10-8-13)18(21)16-11-19-17-6-4-3-5-15(16)17/h3-11,19H,12H2,1-2H3. The molecule has 112 valence electrons. The first-order chi connectivity index (χ1) is 10.7. The molecule has 1 heterocycles. The first kappa shape index (κ1) is 14.7. The number of para-hydroxylation sites is 1. The fourth-order valence-electron chi connectivity index (χ4n) is 2.53. The molecular formula is C18H18N2OS. The number of H-pyrrole nitrogens is 1. The van der Waals surface area contributed by atoms with Crippen molar-refractivity contribution in [2.45, 2.75) is 11.4 Å². The summed E-state index contributed by atoms with van der Waals surface area (Å²) < 4.78 is 0. The molecule has 0 fully saturated rings. The van der Waals surface area contributed by atoms with Gasteiger partial charge in [0.05, 0.1) is 5.56 Å². The van der Waals surface area contributed by atoms with Crippen LogP contribution < -0.4 is 0 Å². The Balaban J connectivity index is 1.79. The van der Waals surface area contributed by atoms with Gasteiger partial charge in [0.15, 0.2) is 0 Å². The number of hydrogen-bond donors (Lipinski definition) is 1. The third-order valence-corrected chi connectivity index (χ3v) is 4.49. The summed E-state index contributed by atoms with van der Waals surface area (Å²) in [6.45, 7) is 0.604. The van der Waals surface area contributed by atoms with Gasteiger partial charge in [-0.15, -0.1) is 11.8 Å². The van der Waals surface area contributed by atoms with Crippen molar-refractivity contribution in [2.75, 3.05) is 13.3 Å². The molecule has 3 aromatic rings. The summed E-state index contributed by atoms with van der Waals surface area (Å²) >= 11 is 1.72. The molecule has 1 aromatic heterocycles. The van der Waals surface area contributed by atoms with Crippen LogP contribution in [0.2, 0.25) is 0 Å². The molecule has 0 saturated heterocycles. The molecule has 0 unspecified atom stereocenters. The summed E-state index contributed by atoms with van der Waals surface area (Å²) in [5.74, 6) is 0.0337. The first-order valence-corrected chi connectivity index (χ1v) is 8.36. The zero-order valence-electron chi connectivity index (χ0n) is 12.7. The van der Waals surface area contributed by atoms with Crippen LogP contribution in [0.1, 0.15) is 15.9 Å². The number of benzene rings is 2. The van der Waals surface area contributed by atoms with E-state index >= 15 is 0 Å². The highest BCUT2D eigenvalue weighted by molar-refractivity contribution is 7.98. The predicted octanol–water partition coefficient (Wildman–Crippen LogP) is 4.16. The molecule has 4 heteroatoms. The summed E-state index contributed by atoms with van der Waals surface area (Å²) in [5.41, 5.74) is 2.84. The number of carbonyl (C=O) groups is 1. The van der Waals surface area contributed by atoms with Crippen LogP contribution in [-0.4, -0.2) is 29.1 Å². The highest BCUT2D eigenvalue weighted by Crippen LogP contribution is 2.20. The van der Waals surface area contributed by atoms with E-state index in [0.717, 1.165) is 22.0 Å². The maximum absolute atomic E-state index is 12.6. The Bertz CT molecular complexity index is 792. The first-order valence-electron chi connectivity index (χ1n) is 7.13. The molecular weight excluding hydrogens is 292 g/mol. The van der Waals surface area contributed by atoms with E-state index < -0.39 is 0 Å². The smallest absolute Gasteiger partial charge is 0.256 e. The number of fused-ring (bicyclic) bond motifs is 1. The fraction of sp³-hybridized carbons (Fsp3) is 0.167. The monoisotopic (exact) mass is 310 g/mol. The van der Waals surface area contributed by atoms with Crippen LogP contribution >= 0.6 is 11.8 Å². The molecule has 2 aromatic carbocycles. The van der Waals surface area contributed by atoms with Crippen molar-refractivity contribution in [1.82, 2.24) is 9.88 Å². The summed E-state index contributed by atoms with van der Waals surface area (Å²) in [6, 6.07) is 16.2. The number of nitrogens with zero attached hydrogens (tertiary/aromatic N) is 1. The van der Waals surface area contributed by atoms with Crippen molar-refractivity contribution in [3.8, 4) is 0 Å². The van der Waals surface area contributed by atoms with Gasteiger partial charge < -0.3 is 9.88 Å². The number of thioether (sulfide) groups is 1. The van der Waals surface area contributed by atoms with E-state index in [4.69, 9.17) is 0 Å². The van der Waals surface area contributed by atoms with Crippen LogP contribution in [0, 0.1) is 0 Å². The van der Waals surface area contributed by atoms with Gasteiger partial charge in [-0.2, -0.15) is 0 Å². The van der Waals surface area contributed by atoms with Crippen LogP contribution in [0.15, 0.2) is 59.6 Å². The van der Waals surface area contributed by atoms with Crippen LogP contribution in [-0.2, 0) is 6.54 Å². The third-order valence-electron chi connectivity index (χ3n) is 3.75. The predicted molar refractivity (Wildman–Crippen MR) is 92.3 cm³/mol. The Morgan fingerprint density at radius 2 is 1.86 bits per heavy atom. The van der Waals surface area contributed by atoms with Gasteiger partial charge >= 0.3 is 0 Å². The van der Waals surface area contributed by atoms with E-state index in [1.54, 1.807) is 22.9 Å².